The number of nitrogens with zero attached hydrogens (tertiary/aromatic N) is 1. The van der Waals surface area contributed by atoms with Gasteiger partial charge in [-0.25, -0.2) is 0 Å². The molecule has 1 rings (SSSR count). The average Bonchev–Trinajstić information content (AvgIpc) is 2.32. The molecule has 0 bridgehead atoms. The predicted octanol–water partition coefficient (Wildman–Crippen LogP) is 2.24. The van der Waals surface area contributed by atoms with Gasteiger partial charge in [-0.15, -0.1) is 0 Å². The van der Waals surface area contributed by atoms with Gasteiger partial charge in [-0.2, -0.15) is 0 Å². The van der Waals surface area contributed by atoms with Gasteiger partial charge in [0, 0.05) is 17.3 Å². The molecule has 0 aliphatic carbocycles. The molecule has 1 aliphatic rings. The van der Waals surface area contributed by atoms with Crippen molar-refractivity contribution in [3.8, 4) is 0 Å². The molecule has 0 saturated heterocycles. The normalized spacial score (nSPS) is 27.0. The lowest BCUT2D eigenvalue weighted by Crippen LogP contribution is -2.30. The molecule has 0 aromatic rings. The Morgan fingerprint density at radius 1 is 1.62 bits per heavy atom. The maximum atomic E-state index is 10.7. The third-order valence-corrected chi connectivity index (χ3v) is 2.96. The molecule has 0 fully saturated rings. The van der Waals surface area contributed by atoms with E-state index >= 15 is 0 Å². The molecule has 1 heterocycles. The summed E-state index contributed by atoms with van der Waals surface area (Å²) in [7, 11) is 0. The van der Waals surface area contributed by atoms with E-state index < -0.39 is 5.97 Å². The number of hydrogen-bond acceptors (Lipinski definition) is 2. The zero-order valence-electron chi connectivity index (χ0n) is 8.29. The third-order valence-electron chi connectivity index (χ3n) is 2.96. The molecule has 0 amide bonds. The first-order valence-electron chi connectivity index (χ1n) is 4.47. The Morgan fingerprint density at radius 2 is 2.23 bits per heavy atom. The van der Waals surface area contributed by atoms with E-state index in [9.17, 15) is 4.79 Å². The summed E-state index contributed by atoms with van der Waals surface area (Å²) in [5.41, 5.74) is 1.68. The van der Waals surface area contributed by atoms with E-state index in [0.29, 0.717) is 0 Å². The zero-order valence-corrected chi connectivity index (χ0v) is 8.29. The summed E-state index contributed by atoms with van der Waals surface area (Å²) in [5.74, 6) is -0.758. The van der Waals surface area contributed by atoms with Crippen LogP contribution in [0.5, 0.6) is 0 Å². The van der Waals surface area contributed by atoms with Gasteiger partial charge in [0.05, 0.1) is 6.42 Å². The van der Waals surface area contributed by atoms with E-state index in [0.717, 1.165) is 17.7 Å². The fourth-order valence-electron chi connectivity index (χ4n) is 1.91. The fourth-order valence-corrected chi connectivity index (χ4v) is 1.91. The van der Waals surface area contributed by atoms with Crippen LogP contribution < -0.4 is 0 Å². The SMILES string of the molecule is CCC1(CC(=O)O)C(C)=CN=C1C. The number of carboxylic acid groups (broad SMARTS) is 1. The minimum Gasteiger partial charge on any atom is -0.481 e. The molecule has 13 heavy (non-hydrogen) atoms. The van der Waals surface area contributed by atoms with Gasteiger partial charge in [-0.1, -0.05) is 6.92 Å². The van der Waals surface area contributed by atoms with Gasteiger partial charge in [0.2, 0.25) is 0 Å². The Morgan fingerprint density at radius 3 is 2.54 bits per heavy atom. The molecule has 72 valence electrons. The van der Waals surface area contributed by atoms with Crippen molar-refractivity contribution in [1.29, 1.82) is 0 Å². The molecule has 3 nitrogen and oxygen atoms in total. The fraction of sp³-hybridized carbons (Fsp3) is 0.600. The largest absolute Gasteiger partial charge is 0.481 e. The van der Waals surface area contributed by atoms with E-state index in [1.54, 1.807) is 6.20 Å². The third kappa shape index (κ3) is 1.50. The molecule has 1 N–H and O–H groups in total. The summed E-state index contributed by atoms with van der Waals surface area (Å²) in [6.07, 6.45) is 2.74. The van der Waals surface area contributed by atoms with Gasteiger partial charge in [-0.3, -0.25) is 9.79 Å². The van der Waals surface area contributed by atoms with Crippen molar-refractivity contribution < 1.29 is 9.90 Å². The lowest BCUT2D eigenvalue weighted by atomic mass is 9.74. The topological polar surface area (TPSA) is 49.7 Å². The molecule has 3 heteroatoms. The lowest BCUT2D eigenvalue weighted by molar-refractivity contribution is -0.138. The number of hydrogen-bond donors (Lipinski definition) is 1. The molecule has 0 aromatic carbocycles. The molecule has 1 aliphatic heterocycles. The highest BCUT2D eigenvalue weighted by atomic mass is 16.4. The van der Waals surface area contributed by atoms with E-state index in [1.807, 2.05) is 20.8 Å². The van der Waals surface area contributed by atoms with Crippen LogP contribution >= 0.6 is 0 Å². The predicted molar refractivity (Wildman–Crippen MR) is 51.8 cm³/mol. The standard InChI is InChI=1S/C10H15NO2/c1-4-10(5-9(12)13)7(2)6-11-8(10)3/h6H,4-5H2,1-3H3,(H,12,13). The van der Waals surface area contributed by atoms with E-state index in [1.165, 1.54) is 0 Å². The molecular weight excluding hydrogens is 166 g/mol. The van der Waals surface area contributed by atoms with Crippen LogP contribution in [0.1, 0.15) is 33.6 Å². The smallest absolute Gasteiger partial charge is 0.304 e. The van der Waals surface area contributed by atoms with Crippen molar-refractivity contribution in [3.05, 3.63) is 11.8 Å². The highest BCUT2D eigenvalue weighted by molar-refractivity contribution is 5.96. The summed E-state index contributed by atoms with van der Waals surface area (Å²) in [4.78, 5) is 14.9. The van der Waals surface area contributed by atoms with Crippen LogP contribution in [0, 0.1) is 5.41 Å². The Kier molecular flexibility index (Phi) is 2.55. The molecular formula is C10H15NO2. The van der Waals surface area contributed by atoms with Crippen molar-refractivity contribution in [2.24, 2.45) is 10.4 Å². The van der Waals surface area contributed by atoms with Gasteiger partial charge < -0.3 is 5.11 Å². The van der Waals surface area contributed by atoms with Gasteiger partial charge >= 0.3 is 5.97 Å². The summed E-state index contributed by atoms with van der Waals surface area (Å²) >= 11 is 0. The number of aliphatic imine (C=N–C) groups is 1. The van der Waals surface area contributed by atoms with Crippen molar-refractivity contribution in [2.45, 2.75) is 33.6 Å². The monoisotopic (exact) mass is 181 g/mol. The molecule has 0 saturated carbocycles. The van der Waals surface area contributed by atoms with Crippen molar-refractivity contribution >= 4 is 11.7 Å². The van der Waals surface area contributed by atoms with E-state index in [4.69, 9.17) is 5.11 Å². The van der Waals surface area contributed by atoms with Crippen molar-refractivity contribution in [1.82, 2.24) is 0 Å². The first kappa shape index (κ1) is 9.96. The second kappa shape index (κ2) is 3.32. The lowest BCUT2D eigenvalue weighted by Gasteiger charge is -2.28. The number of carbonyl (C=O) groups is 1. The second-order valence-electron chi connectivity index (χ2n) is 3.53. The quantitative estimate of drug-likeness (QED) is 0.725. The van der Waals surface area contributed by atoms with Gasteiger partial charge in [0.25, 0.3) is 0 Å². The maximum Gasteiger partial charge on any atom is 0.304 e. The maximum absolute atomic E-state index is 10.7. The molecule has 1 unspecified atom stereocenters. The van der Waals surface area contributed by atoms with Crippen LogP contribution in [0.4, 0.5) is 0 Å². The summed E-state index contributed by atoms with van der Waals surface area (Å²) in [6, 6.07) is 0. The Labute approximate surface area is 78.2 Å². The molecule has 0 spiro atoms. The van der Waals surface area contributed by atoms with Crippen LogP contribution in [0.3, 0.4) is 0 Å². The highest BCUT2D eigenvalue weighted by Gasteiger charge is 2.38. The van der Waals surface area contributed by atoms with Gasteiger partial charge in [0.15, 0.2) is 0 Å². The number of rotatable bonds is 3. The Hall–Kier alpha value is -1.12. The van der Waals surface area contributed by atoms with Gasteiger partial charge in [0.1, 0.15) is 0 Å². The first-order chi connectivity index (χ1) is 6.03. The molecule has 1 atom stereocenters. The number of aliphatic carboxylic acids is 1. The minimum absolute atomic E-state index is 0.154. The van der Waals surface area contributed by atoms with Crippen LogP contribution in [0.15, 0.2) is 16.8 Å². The highest BCUT2D eigenvalue weighted by Crippen LogP contribution is 2.40. The van der Waals surface area contributed by atoms with Crippen LogP contribution in [0.25, 0.3) is 0 Å². The summed E-state index contributed by atoms with van der Waals surface area (Å²) in [5, 5.41) is 8.82. The molecule has 0 aromatic heterocycles. The van der Waals surface area contributed by atoms with Gasteiger partial charge in [-0.05, 0) is 25.8 Å². The van der Waals surface area contributed by atoms with E-state index in [2.05, 4.69) is 4.99 Å². The zero-order chi connectivity index (χ0) is 10.1. The van der Waals surface area contributed by atoms with Crippen LogP contribution in [0.2, 0.25) is 0 Å². The second-order valence-corrected chi connectivity index (χ2v) is 3.53. The number of allylic oxidation sites excluding steroid dienone is 1. The first-order valence-corrected chi connectivity index (χ1v) is 4.47. The van der Waals surface area contributed by atoms with Crippen LogP contribution in [-0.4, -0.2) is 16.8 Å². The van der Waals surface area contributed by atoms with Crippen molar-refractivity contribution in [3.63, 3.8) is 0 Å². The Bertz CT molecular complexity index is 271. The van der Waals surface area contributed by atoms with E-state index in [-0.39, 0.29) is 11.8 Å². The summed E-state index contributed by atoms with van der Waals surface area (Å²) < 4.78 is 0. The van der Waals surface area contributed by atoms with Crippen LogP contribution in [-0.2, 0) is 4.79 Å². The minimum atomic E-state index is -0.758. The summed E-state index contributed by atoms with van der Waals surface area (Å²) in [6.45, 7) is 5.86. The van der Waals surface area contributed by atoms with Crippen molar-refractivity contribution in [2.75, 3.05) is 0 Å². The number of carboxylic acids is 1. The Balaban J connectivity index is 2.98. The molecule has 0 radical (unpaired) electrons. The average molecular weight is 181 g/mol.